The zero-order valence-electron chi connectivity index (χ0n) is 23.3. The van der Waals surface area contributed by atoms with Gasteiger partial charge in [0, 0.05) is 16.1 Å². The summed E-state index contributed by atoms with van der Waals surface area (Å²) < 4.78 is 24.6. The van der Waals surface area contributed by atoms with Crippen molar-refractivity contribution in [2.45, 2.75) is 19.9 Å². The number of nitrogens with zero attached hydrogens (tertiary/aromatic N) is 2. The predicted octanol–water partition coefficient (Wildman–Crippen LogP) is 5.19. The largest absolute Gasteiger partial charge is 0.493 e. The molecule has 0 aliphatic carbocycles. The topological polar surface area (TPSA) is 130 Å². The van der Waals surface area contributed by atoms with Crippen molar-refractivity contribution in [1.29, 1.82) is 0 Å². The van der Waals surface area contributed by atoms with Gasteiger partial charge in [-0.3, -0.25) is 9.36 Å². The van der Waals surface area contributed by atoms with E-state index in [1.54, 1.807) is 44.2 Å². The molecular weight excluding hydrogens is 664 g/mol. The molecule has 0 bridgehead atoms. The van der Waals surface area contributed by atoms with Crippen LogP contribution in [0.1, 0.15) is 41.6 Å². The second-order valence-corrected chi connectivity index (χ2v) is 11.5. The second kappa shape index (κ2) is 12.2. The molecular formula is C30H24BrClN2O8S. The number of halogens is 2. The molecule has 0 spiro atoms. The summed E-state index contributed by atoms with van der Waals surface area (Å²) in [6, 6.07) is 10.1. The Kier molecular flexibility index (Phi) is 8.63. The number of hydrogen-bond acceptors (Lipinski definition) is 9. The van der Waals surface area contributed by atoms with Crippen molar-refractivity contribution in [2.75, 3.05) is 20.8 Å². The summed E-state index contributed by atoms with van der Waals surface area (Å²) >= 11 is 11.0. The monoisotopic (exact) mass is 686 g/mol. The highest BCUT2D eigenvalue weighted by Gasteiger charge is 2.35. The van der Waals surface area contributed by atoms with Gasteiger partial charge in [0.15, 0.2) is 16.3 Å². The minimum absolute atomic E-state index is 0.0553. The molecule has 1 N–H and O–H groups in total. The first-order valence-electron chi connectivity index (χ1n) is 12.8. The number of rotatable bonds is 8. The first-order chi connectivity index (χ1) is 20.6. The summed E-state index contributed by atoms with van der Waals surface area (Å²) in [7, 11) is 3.01. The lowest BCUT2D eigenvalue weighted by atomic mass is 9.95. The standard InChI is InChI=1S/C30H24BrClN2O8S/c1-5-41-29(38)25-14(2)33-30-34(26(25)17-12-22(39-3)23(40-4)13-19(17)31)27(35)24(43-30)11-16-7-9-21(42-16)18-10-15(28(36)37)6-8-20(18)32/h6-13,26H,5H2,1-4H3,(H,36,37)/b24-11-/t26-/m1/s1. The molecule has 0 amide bonds. The molecule has 0 fully saturated rings. The van der Waals surface area contributed by atoms with Crippen LogP contribution in [0.2, 0.25) is 5.02 Å². The third kappa shape index (κ3) is 5.65. The molecule has 10 nitrogen and oxygen atoms in total. The van der Waals surface area contributed by atoms with Crippen LogP contribution in [0.25, 0.3) is 17.4 Å². The van der Waals surface area contributed by atoms with Crippen LogP contribution in [0.4, 0.5) is 0 Å². The van der Waals surface area contributed by atoms with Gasteiger partial charge in [0.1, 0.15) is 11.5 Å². The molecule has 2 aromatic heterocycles. The summed E-state index contributed by atoms with van der Waals surface area (Å²) in [6.45, 7) is 3.53. The number of ether oxygens (including phenoxy) is 3. The number of aromatic carboxylic acids is 1. The van der Waals surface area contributed by atoms with Gasteiger partial charge in [-0.05, 0) is 61.9 Å². The van der Waals surface area contributed by atoms with Gasteiger partial charge in [-0.2, -0.15) is 0 Å². The Morgan fingerprint density at radius 2 is 1.88 bits per heavy atom. The number of esters is 1. The molecule has 0 saturated heterocycles. The number of methoxy groups -OCH3 is 2. The fourth-order valence-electron chi connectivity index (χ4n) is 4.72. The van der Waals surface area contributed by atoms with Crippen molar-refractivity contribution < 1.29 is 33.3 Å². The highest BCUT2D eigenvalue weighted by atomic mass is 79.9. The summed E-state index contributed by atoms with van der Waals surface area (Å²) in [4.78, 5) is 43.6. The van der Waals surface area contributed by atoms with E-state index in [2.05, 4.69) is 20.9 Å². The predicted molar refractivity (Wildman–Crippen MR) is 164 cm³/mol. The van der Waals surface area contributed by atoms with Gasteiger partial charge in [0.25, 0.3) is 5.56 Å². The zero-order valence-corrected chi connectivity index (χ0v) is 26.4. The second-order valence-electron chi connectivity index (χ2n) is 9.23. The van der Waals surface area contributed by atoms with Gasteiger partial charge in [-0.1, -0.05) is 38.9 Å². The third-order valence-corrected chi connectivity index (χ3v) is 8.69. The van der Waals surface area contributed by atoms with Crippen LogP contribution in [0, 0.1) is 0 Å². The Morgan fingerprint density at radius 1 is 1.16 bits per heavy atom. The zero-order chi connectivity index (χ0) is 31.0. The highest BCUT2D eigenvalue weighted by Crippen LogP contribution is 2.41. The van der Waals surface area contributed by atoms with E-state index in [9.17, 15) is 19.5 Å². The molecule has 1 atom stereocenters. The van der Waals surface area contributed by atoms with Gasteiger partial charge in [0.05, 0.1) is 53.3 Å². The number of allylic oxidation sites excluding steroid dienone is 1. The van der Waals surface area contributed by atoms with Crippen molar-refractivity contribution in [3.05, 3.63) is 99.8 Å². The first kappa shape index (κ1) is 30.3. The van der Waals surface area contributed by atoms with E-state index in [4.69, 9.17) is 30.2 Å². The highest BCUT2D eigenvalue weighted by molar-refractivity contribution is 9.10. The molecule has 0 radical (unpaired) electrons. The lowest BCUT2D eigenvalue weighted by molar-refractivity contribution is -0.139. The van der Waals surface area contributed by atoms with Gasteiger partial charge < -0.3 is 23.7 Å². The molecule has 0 unspecified atom stereocenters. The van der Waals surface area contributed by atoms with E-state index in [0.717, 1.165) is 11.3 Å². The third-order valence-electron chi connectivity index (χ3n) is 6.69. The number of benzene rings is 2. The number of fused-ring (bicyclic) bond motifs is 1. The van der Waals surface area contributed by atoms with Crippen LogP contribution >= 0.6 is 38.9 Å². The van der Waals surface area contributed by atoms with Crippen molar-refractivity contribution in [3.8, 4) is 22.8 Å². The number of carboxylic acid groups (broad SMARTS) is 1. The Morgan fingerprint density at radius 3 is 2.56 bits per heavy atom. The Hall–Kier alpha value is -4.13. The van der Waals surface area contributed by atoms with Gasteiger partial charge in [-0.25, -0.2) is 14.6 Å². The van der Waals surface area contributed by atoms with E-state index in [-0.39, 0.29) is 17.7 Å². The Bertz CT molecular complexity index is 1990. The Balaban J connectivity index is 1.67. The molecule has 0 saturated carbocycles. The molecule has 5 rings (SSSR count). The minimum atomic E-state index is -1.10. The number of aromatic nitrogens is 1. The maximum absolute atomic E-state index is 14.0. The quantitative estimate of drug-likeness (QED) is 0.251. The van der Waals surface area contributed by atoms with Crippen LogP contribution in [0.5, 0.6) is 11.5 Å². The van der Waals surface area contributed by atoms with Crippen LogP contribution in [-0.2, 0) is 9.53 Å². The maximum atomic E-state index is 14.0. The van der Waals surface area contributed by atoms with Gasteiger partial charge in [0.2, 0.25) is 0 Å². The van der Waals surface area contributed by atoms with E-state index in [0.29, 0.717) is 58.7 Å². The fraction of sp³-hybridized carbons (Fsp3) is 0.200. The number of carboxylic acids is 1. The lowest BCUT2D eigenvalue weighted by Gasteiger charge is -2.26. The van der Waals surface area contributed by atoms with Gasteiger partial charge >= 0.3 is 11.9 Å². The fourth-order valence-corrected chi connectivity index (χ4v) is 6.49. The van der Waals surface area contributed by atoms with Crippen molar-refractivity contribution in [1.82, 2.24) is 4.57 Å². The van der Waals surface area contributed by atoms with Crippen LogP contribution in [-0.4, -0.2) is 42.4 Å². The molecule has 43 heavy (non-hydrogen) atoms. The number of furan rings is 1. The maximum Gasteiger partial charge on any atom is 0.338 e. The number of carbonyl (C=O) groups excluding carboxylic acids is 1. The van der Waals surface area contributed by atoms with Crippen LogP contribution in [0.3, 0.4) is 0 Å². The van der Waals surface area contributed by atoms with E-state index in [1.165, 1.54) is 37.0 Å². The average Bonchev–Trinajstić information content (AvgIpc) is 3.56. The molecule has 1 aliphatic rings. The summed E-state index contributed by atoms with van der Waals surface area (Å²) in [5.41, 5.74) is 1.23. The summed E-state index contributed by atoms with van der Waals surface area (Å²) in [5, 5.41) is 9.68. The molecule has 2 aromatic carbocycles. The molecule has 3 heterocycles. The van der Waals surface area contributed by atoms with Crippen molar-refractivity contribution in [2.24, 2.45) is 4.99 Å². The first-order valence-corrected chi connectivity index (χ1v) is 14.8. The molecule has 222 valence electrons. The molecule has 13 heteroatoms. The number of thiazole rings is 1. The number of hydrogen-bond donors (Lipinski definition) is 1. The van der Waals surface area contributed by atoms with Crippen LogP contribution < -0.4 is 24.4 Å². The molecule has 4 aromatic rings. The Labute approximate surface area is 262 Å². The van der Waals surface area contributed by atoms with E-state index >= 15 is 0 Å². The van der Waals surface area contributed by atoms with E-state index < -0.39 is 23.5 Å². The van der Waals surface area contributed by atoms with Crippen molar-refractivity contribution in [3.63, 3.8) is 0 Å². The lowest BCUT2D eigenvalue weighted by Crippen LogP contribution is -2.40. The smallest absolute Gasteiger partial charge is 0.338 e. The van der Waals surface area contributed by atoms with E-state index in [1.807, 2.05) is 0 Å². The minimum Gasteiger partial charge on any atom is -0.493 e. The summed E-state index contributed by atoms with van der Waals surface area (Å²) in [6.07, 6.45) is 1.56. The molecule has 1 aliphatic heterocycles. The summed E-state index contributed by atoms with van der Waals surface area (Å²) in [5.74, 6) is -0.150. The normalized spacial score (nSPS) is 14.7. The van der Waals surface area contributed by atoms with Crippen molar-refractivity contribution >= 4 is 56.9 Å². The SMILES string of the molecule is CCOC(=O)C1=C(C)N=c2s/c(=C\c3ccc(-c4cc(C(=O)O)ccc4Cl)o3)c(=O)n2[C@@H]1c1cc(OC)c(OC)cc1Br. The number of carbonyl (C=O) groups is 2. The van der Waals surface area contributed by atoms with Gasteiger partial charge in [-0.15, -0.1) is 0 Å². The van der Waals surface area contributed by atoms with Crippen LogP contribution in [0.15, 0.2) is 72.4 Å². The average molecular weight is 688 g/mol.